The molecule has 1 heterocycles. The number of benzene rings is 1. The van der Waals surface area contributed by atoms with Gasteiger partial charge in [-0.15, -0.1) is 0 Å². The van der Waals surface area contributed by atoms with Crippen LogP contribution in [-0.2, 0) is 9.53 Å². The molecule has 1 aliphatic heterocycles. The van der Waals surface area contributed by atoms with Crippen molar-refractivity contribution in [3.05, 3.63) is 41.6 Å². The van der Waals surface area contributed by atoms with Crippen molar-refractivity contribution < 1.29 is 19.4 Å². The minimum atomic E-state index is -1.04. The summed E-state index contributed by atoms with van der Waals surface area (Å²) in [6, 6.07) is 7.97. The summed E-state index contributed by atoms with van der Waals surface area (Å²) in [6.07, 6.45) is 1.29. The molecule has 0 unspecified atom stereocenters. The van der Waals surface area contributed by atoms with E-state index in [0.717, 1.165) is 0 Å². The molecule has 22 heavy (non-hydrogen) atoms. The SMILES string of the molecule is N#C/C(=C/Nc1cccc(C(=O)O)c1)C(=O)N1CCOCC1. The quantitative estimate of drug-likeness (QED) is 0.637. The summed E-state index contributed by atoms with van der Waals surface area (Å²) in [7, 11) is 0. The number of hydrogen-bond donors (Lipinski definition) is 2. The summed E-state index contributed by atoms with van der Waals surface area (Å²) in [5.74, 6) is -1.41. The van der Waals surface area contributed by atoms with Crippen LogP contribution in [0.25, 0.3) is 0 Å². The maximum atomic E-state index is 12.2. The second kappa shape index (κ2) is 7.24. The van der Waals surface area contributed by atoms with Crippen LogP contribution in [0.1, 0.15) is 10.4 Å². The van der Waals surface area contributed by atoms with E-state index in [1.54, 1.807) is 17.0 Å². The lowest BCUT2D eigenvalue weighted by atomic mass is 10.2. The summed E-state index contributed by atoms with van der Waals surface area (Å²) >= 11 is 0. The highest BCUT2D eigenvalue weighted by atomic mass is 16.5. The summed E-state index contributed by atoms with van der Waals surface area (Å²) in [4.78, 5) is 24.6. The number of carbonyl (C=O) groups excluding carboxylic acids is 1. The molecule has 0 aliphatic carbocycles. The van der Waals surface area contributed by atoms with Gasteiger partial charge in [-0.05, 0) is 18.2 Å². The van der Waals surface area contributed by atoms with Gasteiger partial charge in [0.1, 0.15) is 11.6 Å². The number of aromatic carboxylic acids is 1. The zero-order chi connectivity index (χ0) is 15.9. The molecule has 0 bridgehead atoms. The highest BCUT2D eigenvalue weighted by Gasteiger charge is 2.20. The van der Waals surface area contributed by atoms with Gasteiger partial charge in [0, 0.05) is 25.0 Å². The summed E-state index contributed by atoms with van der Waals surface area (Å²) in [5, 5.41) is 20.8. The van der Waals surface area contributed by atoms with Crippen molar-refractivity contribution >= 4 is 17.6 Å². The molecule has 0 radical (unpaired) electrons. The van der Waals surface area contributed by atoms with Gasteiger partial charge in [-0.2, -0.15) is 5.26 Å². The van der Waals surface area contributed by atoms with Gasteiger partial charge < -0.3 is 20.1 Å². The second-order valence-electron chi connectivity index (χ2n) is 4.60. The molecule has 0 atom stereocenters. The number of nitrogens with zero attached hydrogens (tertiary/aromatic N) is 2. The van der Waals surface area contributed by atoms with E-state index in [1.165, 1.54) is 18.3 Å². The van der Waals surface area contributed by atoms with Crippen LogP contribution < -0.4 is 5.32 Å². The third kappa shape index (κ3) is 3.84. The monoisotopic (exact) mass is 301 g/mol. The number of nitrogens with one attached hydrogen (secondary N) is 1. The average Bonchev–Trinajstić information content (AvgIpc) is 2.56. The van der Waals surface area contributed by atoms with E-state index < -0.39 is 5.97 Å². The molecule has 2 N–H and O–H groups in total. The van der Waals surface area contributed by atoms with Crippen LogP contribution in [0.4, 0.5) is 5.69 Å². The third-order valence-electron chi connectivity index (χ3n) is 3.14. The van der Waals surface area contributed by atoms with Crippen molar-refractivity contribution in [3.8, 4) is 6.07 Å². The molecule has 0 aromatic heterocycles. The fourth-order valence-electron chi connectivity index (χ4n) is 1.98. The Balaban J connectivity index is 2.09. The fraction of sp³-hybridized carbons (Fsp3) is 0.267. The molecule has 7 nitrogen and oxygen atoms in total. The molecule has 1 aromatic rings. The number of anilines is 1. The third-order valence-corrected chi connectivity index (χ3v) is 3.14. The lowest BCUT2D eigenvalue weighted by Gasteiger charge is -2.26. The first-order valence-corrected chi connectivity index (χ1v) is 6.69. The smallest absolute Gasteiger partial charge is 0.335 e. The number of nitriles is 1. The minimum Gasteiger partial charge on any atom is -0.478 e. The number of amides is 1. The molecule has 7 heteroatoms. The van der Waals surface area contributed by atoms with E-state index in [4.69, 9.17) is 15.1 Å². The van der Waals surface area contributed by atoms with Gasteiger partial charge >= 0.3 is 5.97 Å². The van der Waals surface area contributed by atoms with Crippen molar-refractivity contribution in [1.82, 2.24) is 4.90 Å². The zero-order valence-corrected chi connectivity index (χ0v) is 11.8. The van der Waals surface area contributed by atoms with Crippen molar-refractivity contribution in [1.29, 1.82) is 5.26 Å². The van der Waals surface area contributed by atoms with Crippen LogP contribution in [0.5, 0.6) is 0 Å². The van der Waals surface area contributed by atoms with Gasteiger partial charge in [-0.25, -0.2) is 4.79 Å². The first-order chi connectivity index (χ1) is 10.6. The summed E-state index contributed by atoms with van der Waals surface area (Å²) in [6.45, 7) is 1.82. The maximum Gasteiger partial charge on any atom is 0.335 e. The number of carboxylic acid groups (broad SMARTS) is 1. The Morgan fingerprint density at radius 3 is 2.73 bits per heavy atom. The second-order valence-corrected chi connectivity index (χ2v) is 4.60. The number of carboxylic acids is 1. The molecular formula is C15H15N3O4. The van der Waals surface area contributed by atoms with Crippen LogP contribution in [0.15, 0.2) is 36.0 Å². The number of hydrogen-bond acceptors (Lipinski definition) is 5. The van der Waals surface area contributed by atoms with E-state index in [-0.39, 0.29) is 17.0 Å². The van der Waals surface area contributed by atoms with E-state index in [9.17, 15) is 9.59 Å². The molecule has 1 aromatic carbocycles. The van der Waals surface area contributed by atoms with E-state index in [0.29, 0.717) is 32.0 Å². The molecule has 2 rings (SSSR count). The molecular weight excluding hydrogens is 286 g/mol. The molecule has 1 amide bonds. The predicted octanol–water partition coefficient (Wildman–Crippen LogP) is 1.06. The first-order valence-electron chi connectivity index (χ1n) is 6.69. The number of ether oxygens (including phenoxy) is 1. The van der Waals surface area contributed by atoms with Gasteiger partial charge in [0.15, 0.2) is 0 Å². The lowest BCUT2D eigenvalue weighted by molar-refractivity contribution is -0.130. The van der Waals surface area contributed by atoms with Crippen LogP contribution in [0.2, 0.25) is 0 Å². The van der Waals surface area contributed by atoms with E-state index >= 15 is 0 Å². The Hall–Kier alpha value is -2.85. The van der Waals surface area contributed by atoms with E-state index in [2.05, 4.69) is 5.32 Å². The van der Waals surface area contributed by atoms with Gasteiger partial charge in [0.25, 0.3) is 5.91 Å². The summed E-state index contributed by atoms with van der Waals surface area (Å²) in [5.41, 5.74) is 0.571. The molecule has 0 spiro atoms. The van der Waals surface area contributed by atoms with Crippen molar-refractivity contribution in [3.63, 3.8) is 0 Å². The number of morpholine rings is 1. The largest absolute Gasteiger partial charge is 0.478 e. The maximum absolute atomic E-state index is 12.2. The van der Waals surface area contributed by atoms with Crippen LogP contribution in [0, 0.1) is 11.3 Å². The topological polar surface area (TPSA) is 103 Å². The number of carbonyl (C=O) groups is 2. The highest BCUT2D eigenvalue weighted by Crippen LogP contribution is 2.12. The summed E-state index contributed by atoms with van der Waals surface area (Å²) < 4.78 is 5.16. The molecule has 0 saturated carbocycles. The normalized spacial score (nSPS) is 15.0. The van der Waals surface area contributed by atoms with Crippen LogP contribution in [-0.4, -0.2) is 48.2 Å². The Labute approximate surface area is 127 Å². The standard InChI is InChI=1S/C15H15N3O4/c16-9-12(14(19)18-4-6-22-7-5-18)10-17-13-3-1-2-11(8-13)15(20)21/h1-3,8,10,17H,4-7H2,(H,20,21)/b12-10-. The van der Waals surface area contributed by atoms with Crippen molar-refractivity contribution in [2.24, 2.45) is 0 Å². The predicted molar refractivity (Wildman–Crippen MR) is 78.1 cm³/mol. The minimum absolute atomic E-state index is 0.0392. The Morgan fingerprint density at radius 2 is 2.09 bits per heavy atom. The van der Waals surface area contributed by atoms with E-state index in [1.807, 2.05) is 6.07 Å². The van der Waals surface area contributed by atoms with Gasteiger partial charge in [-0.3, -0.25) is 4.79 Å². The average molecular weight is 301 g/mol. The Bertz CT molecular complexity index is 642. The molecule has 1 saturated heterocycles. The molecule has 1 fully saturated rings. The molecule has 114 valence electrons. The lowest BCUT2D eigenvalue weighted by Crippen LogP contribution is -2.41. The Kier molecular flexibility index (Phi) is 5.11. The van der Waals surface area contributed by atoms with Gasteiger partial charge in [0.05, 0.1) is 18.8 Å². The van der Waals surface area contributed by atoms with Gasteiger partial charge in [0.2, 0.25) is 0 Å². The first kappa shape index (κ1) is 15.5. The number of rotatable bonds is 4. The van der Waals surface area contributed by atoms with Crippen molar-refractivity contribution in [2.45, 2.75) is 0 Å². The highest BCUT2D eigenvalue weighted by molar-refractivity contribution is 5.97. The molecule has 1 aliphatic rings. The Morgan fingerprint density at radius 1 is 1.36 bits per heavy atom. The fourth-order valence-corrected chi connectivity index (χ4v) is 1.98. The van der Waals surface area contributed by atoms with Crippen LogP contribution >= 0.6 is 0 Å². The zero-order valence-electron chi connectivity index (χ0n) is 11.8. The van der Waals surface area contributed by atoms with Gasteiger partial charge in [-0.1, -0.05) is 6.07 Å². The van der Waals surface area contributed by atoms with Crippen LogP contribution in [0.3, 0.4) is 0 Å². The van der Waals surface area contributed by atoms with Crippen molar-refractivity contribution in [2.75, 3.05) is 31.6 Å².